The van der Waals surface area contributed by atoms with Gasteiger partial charge in [0.15, 0.2) is 0 Å². The number of hydrogen-bond donors (Lipinski definition) is 1. The molecule has 0 aromatic carbocycles. The van der Waals surface area contributed by atoms with E-state index in [9.17, 15) is 0 Å². The van der Waals surface area contributed by atoms with E-state index in [2.05, 4.69) is 61.0 Å². The highest BCUT2D eigenvalue weighted by Crippen LogP contribution is 2.28. The first-order valence-corrected chi connectivity index (χ1v) is 6.29. The topological polar surface area (TPSA) is 24.9 Å². The summed E-state index contributed by atoms with van der Waals surface area (Å²) in [6.07, 6.45) is 2.21. The largest absolute Gasteiger partial charge is 0.366 e. The fraction of sp³-hybridized carbons (Fsp3) is 0.222. The van der Waals surface area contributed by atoms with Gasteiger partial charge in [-0.15, -0.1) is 0 Å². The second kappa shape index (κ2) is 3.96. The Morgan fingerprint density at radius 3 is 3.15 bits per heavy atom. The van der Waals surface area contributed by atoms with Crippen molar-refractivity contribution >= 4 is 49.9 Å². The predicted octanol–water partition coefficient (Wildman–Crippen LogP) is 3.09. The summed E-state index contributed by atoms with van der Waals surface area (Å²) >= 11 is 5.74. The van der Waals surface area contributed by atoms with Gasteiger partial charge in [0, 0.05) is 16.5 Å². The Morgan fingerprint density at radius 1 is 1.54 bits per heavy atom. The monoisotopic (exact) mass is 350 g/mol. The molecule has 0 unspecified atom stereocenters. The first-order chi connectivity index (χ1) is 6.31. The molecule has 0 radical (unpaired) electrons. The van der Waals surface area contributed by atoms with Crippen molar-refractivity contribution in [1.29, 1.82) is 0 Å². The van der Waals surface area contributed by atoms with Gasteiger partial charge < -0.3 is 5.32 Å². The van der Waals surface area contributed by atoms with E-state index >= 15 is 0 Å². The lowest BCUT2D eigenvalue weighted by molar-refractivity contribution is 1.17. The van der Waals surface area contributed by atoms with Gasteiger partial charge in [0.1, 0.15) is 10.4 Å². The summed E-state index contributed by atoms with van der Waals surface area (Å²) in [5.74, 6) is 0.989. The molecule has 1 N–H and O–H groups in total. The van der Waals surface area contributed by atoms with Gasteiger partial charge in [-0.3, -0.25) is 0 Å². The van der Waals surface area contributed by atoms with Gasteiger partial charge in [0.2, 0.25) is 0 Å². The van der Waals surface area contributed by atoms with Crippen molar-refractivity contribution in [1.82, 2.24) is 4.98 Å². The highest BCUT2D eigenvalue weighted by atomic mass is 127. The van der Waals surface area contributed by atoms with Crippen LogP contribution in [0.15, 0.2) is 22.8 Å². The highest BCUT2D eigenvalue weighted by Gasteiger charge is 2.11. The quantitative estimate of drug-likeness (QED) is 0.478. The minimum absolute atomic E-state index is 0.883. The number of hydrogen-bond acceptors (Lipinski definition) is 2. The van der Waals surface area contributed by atoms with Crippen LogP contribution in [0.5, 0.6) is 0 Å². The van der Waals surface area contributed by atoms with E-state index in [4.69, 9.17) is 0 Å². The summed E-state index contributed by atoms with van der Waals surface area (Å²) in [5.41, 5.74) is 2.60. The van der Waals surface area contributed by atoms with Gasteiger partial charge in [-0.05, 0) is 33.6 Å². The molecule has 2 rings (SSSR count). The van der Waals surface area contributed by atoms with E-state index < -0.39 is 0 Å². The first-order valence-electron chi connectivity index (χ1n) is 3.97. The number of allylic oxidation sites excluding steroid dienone is 1. The van der Waals surface area contributed by atoms with Gasteiger partial charge in [-0.25, -0.2) is 4.98 Å². The number of halogens is 2. The minimum Gasteiger partial charge on any atom is -0.366 e. The normalized spacial score (nSPS) is 14.5. The fourth-order valence-corrected chi connectivity index (χ4v) is 2.37. The maximum atomic E-state index is 4.37. The molecule has 0 bridgehead atoms. The lowest BCUT2D eigenvalue weighted by atomic mass is 10.1. The van der Waals surface area contributed by atoms with Crippen LogP contribution >= 0.6 is 38.5 Å². The second-order valence-electron chi connectivity index (χ2n) is 2.77. The summed E-state index contributed by atoms with van der Waals surface area (Å²) in [5, 5.41) is 3.25. The maximum Gasteiger partial charge on any atom is 0.135 e. The molecule has 2 nitrogen and oxygen atoms in total. The van der Waals surface area contributed by atoms with Crippen LogP contribution in [0.3, 0.4) is 0 Å². The van der Waals surface area contributed by atoms with Crippen molar-refractivity contribution in [3.63, 3.8) is 0 Å². The Morgan fingerprint density at radius 2 is 2.38 bits per heavy atom. The lowest BCUT2D eigenvalue weighted by Crippen LogP contribution is -2.10. The molecule has 0 atom stereocenters. The minimum atomic E-state index is 0.883. The summed E-state index contributed by atoms with van der Waals surface area (Å²) < 4.78 is 1.92. The second-order valence-corrected chi connectivity index (χ2v) is 4.35. The van der Waals surface area contributed by atoms with Crippen LogP contribution in [-0.4, -0.2) is 16.0 Å². The predicted molar refractivity (Wildman–Crippen MR) is 67.3 cm³/mol. The summed E-state index contributed by atoms with van der Waals surface area (Å²) in [4.78, 5) is 4.37. The Balaban J connectivity index is 2.49. The van der Waals surface area contributed by atoms with Crippen molar-refractivity contribution in [2.24, 2.45) is 0 Å². The molecule has 0 aliphatic carbocycles. The average molecular weight is 351 g/mol. The number of pyridine rings is 1. The van der Waals surface area contributed by atoms with Gasteiger partial charge in [-0.2, -0.15) is 0 Å². The van der Waals surface area contributed by atoms with E-state index in [1.165, 1.54) is 11.1 Å². The lowest BCUT2D eigenvalue weighted by Gasteiger charge is -2.16. The molecule has 68 valence electrons. The van der Waals surface area contributed by atoms with E-state index in [0.29, 0.717) is 0 Å². The van der Waals surface area contributed by atoms with Crippen LogP contribution in [0.4, 0.5) is 5.82 Å². The number of alkyl halides is 1. The van der Waals surface area contributed by atoms with Crippen molar-refractivity contribution < 1.29 is 0 Å². The number of fused-ring (bicyclic) bond motifs is 1. The van der Waals surface area contributed by atoms with E-state index in [-0.39, 0.29) is 0 Å². The zero-order valence-corrected chi connectivity index (χ0v) is 10.6. The molecule has 0 saturated carbocycles. The highest BCUT2D eigenvalue weighted by molar-refractivity contribution is 14.1. The zero-order valence-electron chi connectivity index (χ0n) is 6.85. The third kappa shape index (κ3) is 1.88. The SMILES string of the molecule is Brc1ccc2c(n1)NCC=C2CI. The van der Waals surface area contributed by atoms with Gasteiger partial charge in [-0.1, -0.05) is 28.7 Å². The molecule has 0 spiro atoms. The van der Waals surface area contributed by atoms with Gasteiger partial charge >= 0.3 is 0 Å². The molecular formula is C9H8BrIN2. The molecule has 0 saturated heterocycles. The number of nitrogens with zero attached hydrogens (tertiary/aromatic N) is 1. The maximum absolute atomic E-state index is 4.37. The number of rotatable bonds is 1. The van der Waals surface area contributed by atoms with Crippen LogP contribution in [0.1, 0.15) is 5.56 Å². The number of aromatic nitrogens is 1. The average Bonchev–Trinajstić information content (AvgIpc) is 2.16. The fourth-order valence-electron chi connectivity index (χ4n) is 1.34. The third-order valence-corrected chi connectivity index (χ3v) is 3.23. The Kier molecular flexibility index (Phi) is 2.88. The Bertz CT molecular complexity index is 363. The van der Waals surface area contributed by atoms with E-state index in [1.54, 1.807) is 0 Å². The molecule has 4 heteroatoms. The zero-order chi connectivity index (χ0) is 9.26. The van der Waals surface area contributed by atoms with Crippen molar-refractivity contribution in [3.8, 4) is 0 Å². The number of anilines is 1. The summed E-state index contributed by atoms with van der Waals surface area (Å²) in [6.45, 7) is 0.884. The molecule has 0 fully saturated rings. The standard InChI is InChI=1S/C9H8BrIN2/c10-8-2-1-7-6(5-11)3-4-12-9(7)13-8/h1-3H,4-5H2,(H,12,13). The summed E-state index contributed by atoms with van der Waals surface area (Å²) in [6, 6.07) is 4.08. The third-order valence-electron chi connectivity index (χ3n) is 1.97. The smallest absolute Gasteiger partial charge is 0.135 e. The van der Waals surface area contributed by atoms with Crippen LogP contribution in [-0.2, 0) is 0 Å². The van der Waals surface area contributed by atoms with Crippen LogP contribution in [0.2, 0.25) is 0 Å². The Hall–Kier alpha value is -0.100. The molecule has 1 aliphatic heterocycles. The first kappa shape index (κ1) is 9.45. The van der Waals surface area contributed by atoms with Crippen LogP contribution in [0.25, 0.3) is 5.57 Å². The van der Waals surface area contributed by atoms with Gasteiger partial charge in [0.25, 0.3) is 0 Å². The van der Waals surface area contributed by atoms with E-state index in [1.807, 2.05) is 6.07 Å². The van der Waals surface area contributed by atoms with E-state index in [0.717, 1.165) is 21.4 Å². The Labute approximate surface area is 99.1 Å². The molecule has 1 aliphatic rings. The molecule has 13 heavy (non-hydrogen) atoms. The van der Waals surface area contributed by atoms with Gasteiger partial charge in [0.05, 0.1) is 0 Å². The number of nitrogens with one attached hydrogen (secondary N) is 1. The molecule has 1 aromatic heterocycles. The van der Waals surface area contributed by atoms with Crippen molar-refractivity contribution in [2.75, 3.05) is 16.3 Å². The molecule has 0 amide bonds. The summed E-state index contributed by atoms with van der Waals surface area (Å²) in [7, 11) is 0. The molecule has 2 heterocycles. The molecular weight excluding hydrogens is 343 g/mol. The van der Waals surface area contributed by atoms with Crippen LogP contribution < -0.4 is 5.32 Å². The molecule has 1 aromatic rings. The van der Waals surface area contributed by atoms with Crippen molar-refractivity contribution in [3.05, 3.63) is 28.4 Å². The van der Waals surface area contributed by atoms with Crippen LogP contribution in [0, 0.1) is 0 Å². The van der Waals surface area contributed by atoms with Crippen molar-refractivity contribution in [2.45, 2.75) is 0 Å².